The maximum atomic E-state index is 12.7. The van der Waals surface area contributed by atoms with Gasteiger partial charge >= 0.3 is 0 Å². The number of nitrogens with zero attached hydrogens (tertiary/aromatic N) is 3. The highest BCUT2D eigenvalue weighted by Gasteiger charge is 2.33. The first kappa shape index (κ1) is 17.3. The molecule has 2 aromatic rings. The number of carbonyl (C=O) groups is 1. The summed E-state index contributed by atoms with van der Waals surface area (Å²) < 4.78 is 32.5. The van der Waals surface area contributed by atoms with E-state index in [1.54, 1.807) is 30.5 Å². The molecule has 0 saturated carbocycles. The molecule has 0 radical (unpaired) electrons. The summed E-state index contributed by atoms with van der Waals surface area (Å²) in [4.78, 5) is 11.2. The molecule has 0 bridgehead atoms. The third-order valence-corrected chi connectivity index (χ3v) is 5.63. The van der Waals surface area contributed by atoms with Crippen LogP contribution >= 0.6 is 0 Å². The van der Waals surface area contributed by atoms with Crippen LogP contribution in [0.25, 0.3) is 0 Å². The Balaban J connectivity index is 1.67. The zero-order chi connectivity index (χ0) is 17.9. The van der Waals surface area contributed by atoms with Crippen molar-refractivity contribution in [3.63, 3.8) is 0 Å². The summed E-state index contributed by atoms with van der Waals surface area (Å²) in [6, 6.07) is 9.50. The second kappa shape index (κ2) is 7.16. The van der Waals surface area contributed by atoms with Gasteiger partial charge in [-0.3, -0.25) is 4.79 Å². The zero-order valence-corrected chi connectivity index (χ0v) is 14.4. The highest BCUT2D eigenvalue weighted by molar-refractivity contribution is 7.89. The van der Waals surface area contributed by atoms with E-state index in [1.807, 2.05) is 0 Å². The number of nitrogens with one attached hydrogen (secondary N) is 1. The van der Waals surface area contributed by atoms with E-state index in [-0.39, 0.29) is 23.5 Å². The quantitative estimate of drug-likeness (QED) is 0.860. The highest BCUT2D eigenvalue weighted by atomic mass is 32.2. The molecule has 132 valence electrons. The van der Waals surface area contributed by atoms with Crippen LogP contribution in [-0.2, 0) is 14.8 Å². The first-order valence-electron chi connectivity index (χ1n) is 7.77. The van der Waals surface area contributed by atoms with Crippen molar-refractivity contribution in [2.24, 2.45) is 0 Å². The zero-order valence-electron chi connectivity index (χ0n) is 13.6. The fourth-order valence-electron chi connectivity index (χ4n) is 2.60. The van der Waals surface area contributed by atoms with Crippen LogP contribution in [0.15, 0.2) is 47.5 Å². The van der Waals surface area contributed by atoms with Gasteiger partial charge in [-0.25, -0.2) is 8.42 Å². The van der Waals surface area contributed by atoms with E-state index in [2.05, 4.69) is 15.5 Å². The van der Waals surface area contributed by atoms with E-state index in [1.165, 1.54) is 23.4 Å². The molecular formula is C16H18N4O4S. The van der Waals surface area contributed by atoms with Crippen molar-refractivity contribution >= 4 is 21.6 Å². The van der Waals surface area contributed by atoms with Crippen LogP contribution in [0.2, 0.25) is 0 Å². The molecule has 1 saturated heterocycles. The van der Waals surface area contributed by atoms with Gasteiger partial charge in [0.25, 0.3) is 0 Å². The molecule has 1 aromatic heterocycles. The molecule has 2 heterocycles. The lowest BCUT2D eigenvalue weighted by molar-refractivity contribution is -0.114. The van der Waals surface area contributed by atoms with Crippen molar-refractivity contribution in [2.75, 3.05) is 18.4 Å². The summed E-state index contributed by atoms with van der Waals surface area (Å²) in [7, 11) is -3.60. The number of aromatic nitrogens is 2. The third kappa shape index (κ3) is 4.12. The van der Waals surface area contributed by atoms with Gasteiger partial charge in [0.05, 0.1) is 11.4 Å². The Labute approximate surface area is 145 Å². The van der Waals surface area contributed by atoms with Crippen LogP contribution in [0.1, 0.15) is 13.3 Å². The molecule has 1 atom stereocenters. The van der Waals surface area contributed by atoms with E-state index in [0.29, 0.717) is 24.5 Å². The minimum Gasteiger partial charge on any atom is -0.472 e. The fourth-order valence-corrected chi connectivity index (χ4v) is 4.08. The largest absolute Gasteiger partial charge is 0.472 e. The molecular weight excluding hydrogens is 344 g/mol. The van der Waals surface area contributed by atoms with Crippen LogP contribution in [0, 0.1) is 0 Å². The van der Waals surface area contributed by atoms with Gasteiger partial charge in [0.15, 0.2) is 0 Å². The predicted molar refractivity (Wildman–Crippen MR) is 90.6 cm³/mol. The number of anilines is 1. The Kier molecular flexibility index (Phi) is 4.95. The van der Waals surface area contributed by atoms with Gasteiger partial charge in [0.2, 0.25) is 21.8 Å². The Hall–Kier alpha value is -2.52. The van der Waals surface area contributed by atoms with Crippen LogP contribution in [0.5, 0.6) is 5.88 Å². The first-order valence-corrected chi connectivity index (χ1v) is 9.21. The van der Waals surface area contributed by atoms with Gasteiger partial charge in [-0.1, -0.05) is 0 Å². The van der Waals surface area contributed by atoms with Crippen molar-refractivity contribution in [1.82, 2.24) is 14.5 Å². The lowest BCUT2D eigenvalue weighted by atomic mass is 10.3. The van der Waals surface area contributed by atoms with E-state index in [9.17, 15) is 13.2 Å². The van der Waals surface area contributed by atoms with E-state index in [4.69, 9.17) is 4.74 Å². The number of carbonyl (C=O) groups excluding carboxylic acids is 1. The number of hydrogen-bond acceptors (Lipinski definition) is 6. The van der Waals surface area contributed by atoms with Gasteiger partial charge in [-0.15, -0.1) is 5.10 Å². The highest BCUT2D eigenvalue weighted by Crippen LogP contribution is 2.24. The Morgan fingerprint density at radius 1 is 1.28 bits per heavy atom. The molecule has 1 fully saturated rings. The minimum absolute atomic E-state index is 0.182. The minimum atomic E-state index is -3.60. The summed E-state index contributed by atoms with van der Waals surface area (Å²) in [5.74, 6) is 0.172. The summed E-state index contributed by atoms with van der Waals surface area (Å²) in [5, 5.41) is 10.2. The second-order valence-corrected chi connectivity index (χ2v) is 7.60. The molecule has 1 aromatic carbocycles. The van der Waals surface area contributed by atoms with Crippen LogP contribution in [0.4, 0.5) is 5.69 Å². The lowest BCUT2D eigenvalue weighted by Crippen LogP contribution is -2.31. The molecule has 1 N–H and O–H groups in total. The Bertz CT molecular complexity index is 840. The topological polar surface area (TPSA) is 101 Å². The molecule has 3 rings (SSSR count). The maximum Gasteiger partial charge on any atom is 0.243 e. The average Bonchev–Trinajstić information content (AvgIpc) is 3.05. The van der Waals surface area contributed by atoms with Crippen molar-refractivity contribution in [3.05, 3.63) is 42.6 Å². The lowest BCUT2D eigenvalue weighted by Gasteiger charge is -2.17. The molecule has 0 spiro atoms. The molecule has 1 unspecified atom stereocenters. The first-order chi connectivity index (χ1) is 11.9. The molecule has 0 aliphatic carbocycles. The molecule has 25 heavy (non-hydrogen) atoms. The fraction of sp³-hybridized carbons (Fsp3) is 0.312. The van der Waals surface area contributed by atoms with Gasteiger partial charge in [0, 0.05) is 31.4 Å². The predicted octanol–water partition coefficient (Wildman–Crippen LogP) is 1.28. The summed E-state index contributed by atoms with van der Waals surface area (Å²) >= 11 is 0. The summed E-state index contributed by atoms with van der Waals surface area (Å²) in [6.45, 7) is 2.03. The van der Waals surface area contributed by atoms with Crippen LogP contribution in [-0.4, -0.2) is 48.0 Å². The number of benzene rings is 1. The average molecular weight is 362 g/mol. The standard InChI is InChI=1S/C16H18N4O4S/c1-12(21)18-13-4-6-15(7-5-13)25(22,23)20-10-8-14(11-20)24-16-3-2-9-17-19-16/h2-7,9,14H,8,10-11H2,1H3,(H,18,21). The number of hydrogen-bond donors (Lipinski definition) is 1. The van der Waals surface area contributed by atoms with Crippen molar-refractivity contribution in [3.8, 4) is 5.88 Å². The van der Waals surface area contributed by atoms with E-state index >= 15 is 0 Å². The van der Waals surface area contributed by atoms with E-state index < -0.39 is 10.0 Å². The molecule has 8 nitrogen and oxygen atoms in total. The number of amides is 1. The maximum absolute atomic E-state index is 12.7. The molecule has 1 amide bonds. The Morgan fingerprint density at radius 2 is 2.04 bits per heavy atom. The van der Waals surface area contributed by atoms with Gasteiger partial charge in [-0.2, -0.15) is 9.40 Å². The molecule has 9 heteroatoms. The monoisotopic (exact) mass is 362 g/mol. The van der Waals surface area contributed by atoms with Crippen LogP contribution < -0.4 is 10.1 Å². The summed E-state index contributed by atoms with van der Waals surface area (Å²) in [5.41, 5.74) is 0.553. The van der Waals surface area contributed by atoms with Crippen LogP contribution in [0.3, 0.4) is 0 Å². The van der Waals surface area contributed by atoms with Crippen molar-refractivity contribution in [2.45, 2.75) is 24.3 Å². The second-order valence-electron chi connectivity index (χ2n) is 5.66. The third-order valence-electron chi connectivity index (χ3n) is 3.76. The number of rotatable bonds is 5. The van der Waals surface area contributed by atoms with Gasteiger partial charge in [-0.05, 0) is 36.8 Å². The number of sulfonamides is 1. The number of ether oxygens (including phenoxy) is 1. The van der Waals surface area contributed by atoms with Crippen molar-refractivity contribution in [1.29, 1.82) is 0 Å². The molecule has 1 aliphatic heterocycles. The van der Waals surface area contributed by atoms with Gasteiger partial charge in [0.1, 0.15) is 6.10 Å². The van der Waals surface area contributed by atoms with E-state index in [0.717, 1.165) is 0 Å². The Morgan fingerprint density at radius 3 is 2.68 bits per heavy atom. The molecule has 1 aliphatic rings. The smallest absolute Gasteiger partial charge is 0.243 e. The normalized spacial score (nSPS) is 18.0. The van der Waals surface area contributed by atoms with Crippen molar-refractivity contribution < 1.29 is 17.9 Å². The SMILES string of the molecule is CC(=O)Nc1ccc(S(=O)(=O)N2CCC(Oc3cccnn3)C2)cc1. The van der Waals surface area contributed by atoms with Gasteiger partial charge < -0.3 is 10.1 Å². The summed E-state index contributed by atoms with van der Waals surface area (Å²) in [6.07, 6.45) is 1.87.